The number of nitrogens with one attached hydrogen (secondary N) is 2. The van der Waals surface area contributed by atoms with Gasteiger partial charge in [0.25, 0.3) is 0 Å². The van der Waals surface area contributed by atoms with E-state index in [4.69, 9.17) is 11.6 Å². The maximum Gasteiger partial charge on any atom is 0.238 e. The van der Waals surface area contributed by atoms with Gasteiger partial charge in [0.05, 0.1) is 10.9 Å². The highest BCUT2D eigenvalue weighted by Crippen LogP contribution is 2.38. The highest BCUT2D eigenvalue weighted by atomic mass is 35.5. The number of rotatable bonds is 7. The molecule has 0 aliphatic carbocycles. The molecule has 2 aromatic carbocycles. The normalized spacial score (nSPS) is 15.5. The Morgan fingerprint density at radius 1 is 1.29 bits per heavy atom. The van der Waals surface area contributed by atoms with E-state index >= 15 is 0 Å². The SMILES string of the molecule is CCN(CCNC(=O)C[C@@H]1Sc2ccc(Cl)cc2NC1=O)c1cccc(C)c1. The summed E-state index contributed by atoms with van der Waals surface area (Å²) in [6.45, 7) is 6.28. The summed E-state index contributed by atoms with van der Waals surface area (Å²) in [7, 11) is 0. The van der Waals surface area contributed by atoms with Gasteiger partial charge in [-0.05, 0) is 49.7 Å². The van der Waals surface area contributed by atoms with Gasteiger partial charge in [-0.25, -0.2) is 0 Å². The van der Waals surface area contributed by atoms with Crippen LogP contribution in [0.1, 0.15) is 18.9 Å². The van der Waals surface area contributed by atoms with Crippen molar-refractivity contribution in [3.05, 3.63) is 53.1 Å². The molecule has 0 unspecified atom stereocenters. The number of amides is 2. The highest BCUT2D eigenvalue weighted by molar-refractivity contribution is 8.01. The molecule has 28 heavy (non-hydrogen) atoms. The predicted octanol–water partition coefficient (Wildman–Crippen LogP) is 4.09. The third-order valence-corrected chi connectivity index (χ3v) is 6.09. The number of hydrogen-bond acceptors (Lipinski definition) is 4. The monoisotopic (exact) mass is 417 g/mol. The molecular weight excluding hydrogens is 394 g/mol. The van der Waals surface area contributed by atoms with E-state index in [0.29, 0.717) is 17.3 Å². The van der Waals surface area contributed by atoms with Crippen LogP contribution >= 0.6 is 23.4 Å². The molecular formula is C21H24ClN3O2S. The molecule has 148 valence electrons. The summed E-state index contributed by atoms with van der Waals surface area (Å²) in [4.78, 5) is 27.8. The molecule has 1 atom stereocenters. The Hall–Kier alpha value is -2.18. The van der Waals surface area contributed by atoms with Gasteiger partial charge in [0, 0.05) is 41.7 Å². The molecule has 0 bridgehead atoms. The average molecular weight is 418 g/mol. The van der Waals surface area contributed by atoms with Crippen LogP contribution in [0.3, 0.4) is 0 Å². The summed E-state index contributed by atoms with van der Waals surface area (Å²) in [5, 5.41) is 5.91. The lowest BCUT2D eigenvalue weighted by atomic mass is 10.2. The van der Waals surface area contributed by atoms with Crippen LogP contribution in [0.2, 0.25) is 5.02 Å². The minimum Gasteiger partial charge on any atom is -0.370 e. The molecule has 1 aliphatic heterocycles. The fourth-order valence-electron chi connectivity index (χ4n) is 3.12. The van der Waals surface area contributed by atoms with Crippen LogP contribution in [-0.4, -0.2) is 36.7 Å². The van der Waals surface area contributed by atoms with Crippen molar-refractivity contribution < 1.29 is 9.59 Å². The van der Waals surface area contributed by atoms with Gasteiger partial charge in [0.2, 0.25) is 11.8 Å². The fraction of sp³-hybridized carbons (Fsp3) is 0.333. The summed E-state index contributed by atoms with van der Waals surface area (Å²) in [6.07, 6.45) is 0.148. The average Bonchev–Trinajstić information content (AvgIpc) is 2.66. The van der Waals surface area contributed by atoms with E-state index in [1.54, 1.807) is 12.1 Å². The molecule has 1 aliphatic rings. The first kappa shape index (κ1) is 20.6. The topological polar surface area (TPSA) is 61.4 Å². The van der Waals surface area contributed by atoms with Crippen LogP contribution in [0.15, 0.2) is 47.4 Å². The molecule has 3 rings (SSSR count). The first-order valence-electron chi connectivity index (χ1n) is 9.31. The van der Waals surface area contributed by atoms with Crippen molar-refractivity contribution in [1.82, 2.24) is 5.32 Å². The number of hydrogen-bond donors (Lipinski definition) is 2. The Balaban J connectivity index is 1.50. The smallest absolute Gasteiger partial charge is 0.238 e. The molecule has 1 heterocycles. The summed E-state index contributed by atoms with van der Waals surface area (Å²) < 4.78 is 0. The van der Waals surface area contributed by atoms with E-state index in [-0.39, 0.29) is 18.2 Å². The van der Waals surface area contributed by atoms with Crippen molar-refractivity contribution in [2.75, 3.05) is 29.9 Å². The number of nitrogens with zero attached hydrogens (tertiary/aromatic N) is 1. The van der Waals surface area contributed by atoms with E-state index < -0.39 is 5.25 Å². The van der Waals surface area contributed by atoms with Gasteiger partial charge in [-0.15, -0.1) is 11.8 Å². The first-order chi connectivity index (χ1) is 13.5. The number of aryl methyl sites for hydroxylation is 1. The molecule has 0 saturated carbocycles. The summed E-state index contributed by atoms with van der Waals surface area (Å²) in [6, 6.07) is 13.7. The number of benzene rings is 2. The summed E-state index contributed by atoms with van der Waals surface area (Å²) in [5.74, 6) is -0.282. The first-order valence-corrected chi connectivity index (χ1v) is 10.6. The third-order valence-electron chi connectivity index (χ3n) is 4.58. The lowest BCUT2D eigenvalue weighted by Gasteiger charge is -2.25. The number of halogens is 1. The quantitative estimate of drug-likeness (QED) is 0.712. The van der Waals surface area contributed by atoms with Gasteiger partial charge < -0.3 is 15.5 Å². The Morgan fingerprint density at radius 2 is 2.11 bits per heavy atom. The maximum absolute atomic E-state index is 12.3. The van der Waals surface area contributed by atoms with E-state index in [2.05, 4.69) is 47.6 Å². The Bertz CT molecular complexity index is 874. The second kappa shape index (κ2) is 9.34. The van der Waals surface area contributed by atoms with E-state index in [9.17, 15) is 9.59 Å². The van der Waals surface area contributed by atoms with Crippen LogP contribution in [0, 0.1) is 6.92 Å². The second-order valence-electron chi connectivity index (χ2n) is 6.71. The number of carbonyl (C=O) groups is 2. The van der Waals surface area contributed by atoms with Crippen LogP contribution in [0.25, 0.3) is 0 Å². The van der Waals surface area contributed by atoms with Gasteiger partial charge >= 0.3 is 0 Å². The van der Waals surface area contributed by atoms with Crippen molar-refractivity contribution in [1.29, 1.82) is 0 Å². The maximum atomic E-state index is 12.3. The zero-order valence-corrected chi connectivity index (χ0v) is 17.6. The van der Waals surface area contributed by atoms with Crippen molar-refractivity contribution in [2.24, 2.45) is 0 Å². The fourth-order valence-corrected chi connectivity index (χ4v) is 4.39. The van der Waals surface area contributed by atoms with Gasteiger partial charge in [-0.3, -0.25) is 9.59 Å². The molecule has 5 nitrogen and oxygen atoms in total. The van der Waals surface area contributed by atoms with Gasteiger partial charge in [0.15, 0.2) is 0 Å². The molecule has 0 spiro atoms. The molecule has 0 aromatic heterocycles. The number of thioether (sulfide) groups is 1. The zero-order valence-electron chi connectivity index (χ0n) is 16.0. The number of carbonyl (C=O) groups excluding carboxylic acids is 2. The summed E-state index contributed by atoms with van der Waals surface area (Å²) >= 11 is 7.37. The Morgan fingerprint density at radius 3 is 2.86 bits per heavy atom. The van der Waals surface area contributed by atoms with Gasteiger partial charge in [-0.1, -0.05) is 23.7 Å². The number of likely N-dealkylation sites (N-methyl/N-ethyl adjacent to an activating group) is 1. The Kier molecular flexibility index (Phi) is 6.86. The lowest BCUT2D eigenvalue weighted by molar-refractivity contribution is -0.124. The van der Waals surface area contributed by atoms with E-state index in [1.165, 1.54) is 17.3 Å². The van der Waals surface area contributed by atoms with Crippen LogP contribution in [0.5, 0.6) is 0 Å². The number of fused-ring (bicyclic) bond motifs is 1. The van der Waals surface area contributed by atoms with Crippen molar-refractivity contribution >= 4 is 46.6 Å². The highest BCUT2D eigenvalue weighted by Gasteiger charge is 2.29. The van der Waals surface area contributed by atoms with E-state index in [1.807, 2.05) is 12.1 Å². The molecule has 2 amide bonds. The molecule has 0 fully saturated rings. The van der Waals surface area contributed by atoms with Crippen molar-refractivity contribution in [3.8, 4) is 0 Å². The molecule has 2 aromatic rings. The van der Waals surface area contributed by atoms with Crippen LogP contribution in [-0.2, 0) is 9.59 Å². The molecule has 2 N–H and O–H groups in total. The van der Waals surface area contributed by atoms with Crippen LogP contribution < -0.4 is 15.5 Å². The van der Waals surface area contributed by atoms with E-state index in [0.717, 1.165) is 23.7 Å². The number of anilines is 2. The molecule has 0 radical (unpaired) electrons. The second-order valence-corrected chi connectivity index (χ2v) is 8.39. The minimum atomic E-state index is -0.437. The molecule has 7 heteroatoms. The Labute approximate surface area is 174 Å². The minimum absolute atomic E-state index is 0.120. The standard InChI is InChI=1S/C21H24ClN3O2S/c1-3-25(16-6-4-5-14(2)11-16)10-9-23-20(26)13-19-21(27)24-17-12-15(22)7-8-18(17)28-19/h4-8,11-12,19H,3,9-10,13H2,1-2H3,(H,23,26)(H,24,27)/t19-/m0/s1. The molecule has 0 saturated heterocycles. The predicted molar refractivity (Wildman–Crippen MR) is 116 cm³/mol. The third kappa shape index (κ3) is 5.20. The van der Waals surface area contributed by atoms with Gasteiger partial charge in [0.1, 0.15) is 0 Å². The summed E-state index contributed by atoms with van der Waals surface area (Å²) in [5.41, 5.74) is 3.06. The van der Waals surface area contributed by atoms with Crippen LogP contribution in [0.4, 0.5) is 11.4 Å². The van der Waals surface area contributed by atoms with Crippen molar-refractivity contribution in [3.63, 3.8) is 0 Å². The van der Waals surface area contributed by atoms with Gasteiger partial charge in [-0.2, -0.15) is 0 Å². The zero-order chi connectivity index (χ0) is 20.1. The largest absolute Gasteiger partial charge is 0.370 e. The lowest BCUT2D eigenvalue weighted by Crippen LogP contribution is -2.38. The van der Waals surface area contributed by atoms with Crippen molar-refractivity contribution in [2.45, 2.75) is 30.4 Å².